The van der Waals surface area contributed by atoms with Crippen molar-refractivity contribution >= 4 is 87.2 Å². The fourth-order valence-electron chi connectivity index (χ4n) is 14.5. The van der Waals surface area contributed by atoms with E-state index in [4.69, 9.17) is 0 Å². The van der Waals surface area contributed by atoms with Crippen molar-refractivity contribution in [2.75, 3.05) is 0 Å². The van der Waals surface area contributed by atoms with E-state index >= 15 is 13.2 Å². The monoisotopic (exact) mass is 1280 g/mol. The van der Waals surface area contributed by atoms with Crippen LogP contribution < -0.4 is 0 Å². The molecule has 472 valence electrons. The number of hydrogen-bond acceptors (Lipinski definition) is 1. The molecule has 12 aromatic carbocycles. The Morgan fingerprint density at radius 1 is 0.271 bits per heavy atom. The molecule has 0 fully saturated rings. The minimum Gasteiger partial charge on any atom is -0.309 e. The van der Waals surface area contributed by atoms with Gasteiger partial charge >= 0.3 is 18.5 Å². The van der Waals surface area contributed by atoms with Crippen LogP contribution in [0.3, 0.4) is 0 Å². The quantitative estimate of drug-likeness (QED) is 0.153. The maximum atomic E-state index is 15.5. The lowest BCUT2D eigenvalue weighted by Crippen LogP contribution is -2.15. The zero-order valence-corrected chi connectivity index (χ0v) is 52.6. The van der Waals surface area contributed by atoms with Crippen molar-refractivity contribution in [3.63, 3.8) is 0 Å². The van der Waals surface area contributed by atoms with E-state index in [0.29, 0.717) is 50.1 Å². The fourth-order valence-corrected chi connectivity index (χ4v) is 14.5. The lowest BCUT2D eigenvalue weighted by Gasteiger charge is -2.24. The summed E-state index contributed by atoms with van der Waals surface area (Å²) in [6.07, 6.45) is -14.2. The van der Waals surface area contributed by atoms with E-state index in [2.05, 4.69) is 30.3 Å². The average Bonchev–Trinajstić information content (AvgIpc) is 1.52. The molecule has 96 heavy (non-hydrogen) atoms. The number of aromatic nitrogens is 4. The zero-order valence-electron chi connectivity index (χ0n) is 52.6. The number of halogens is 9. The van der Waals surface area contributed by atoms with Gasteiger partial charge in [-0.15, -0.1) is 0 Å². The molecule has 0 N–H and O–H groups in total. The van der Waals surface area contributed by atoms with Crippen LogP contribution >= 0.6 is 0 Å². The summed E-state index contributed by atoms with van der Waals surface area (Å²) in [5.41, 5.74) is 9.11. The second-order valence-electron chi connectivity index (χ2n) is 24.9. The Bertz CT molecular complexity index is 5960. The smallest absolute Gasteiger partial charge is 0.309 e. The first-order chi connectivity index (χ1) is 46.0. The van der Waals surface area contributed by atoms with Crippen LogP contribution in [0.15, 0.2) is 231 Å². The van der Waals surface area contributed by atoms with Gasteiger partial charge in [-0.2, -0.15) is 44.8 Å². The highest BCUT2D eigenvalue weighted by Gasteiger charge is 2.40. The molecule has 16 aromatic rings. The standard InChI is InChI=1S/C41H28F6N2.C41H28F3N3/c1-23-15-17-28-26-10-4-6-13-33(26)48(35(28)19-23)37-22-32(41(45,46)47)38(21-30(37)39-25(3)9-8-12-31(39)40(42,43)44)49-34-14-7-5-11-27(34)29-18-16-24(2)20-36(29)49;1-24-15-17-30-28-10-4-6-13-34(28)46(37(30)19-24)36-22-32(40-26(3)9-8-12-33(40)41(42,43)44)39(21-27(36)23-45)47-35-14-7-5-11-29(35)31-18-16-25(2)20-38(31)47/h4-22H,1-3H3;4-22H,1-3H3. The van der Waals surface area contributed by atoms with Crippen molar-refractivity contribution in [1.29, 1.82) is 5.26 Å². The van der Waals surface area contributed by atoms with E-state index in [0.717, 1.165) is 106 Å². The van der Waals surface area contributed by atoms with Crippen molar-refractivity contribution in [1.82, 2.24) is 18.3 Å². The van der Waals surface area contributed by atoms with Gasteiger partial charge in [-0.25, -0.2) is 0 Å². The van der Waals surface area contributed by atoms with Crippen molar-refractivity contribution in [2.45, 2.75) is 60.1 Å². The highest BCUT2D eigenvalue weighted by molar-refractivity contribution is 6.14. The maximum Gasteiger partial charge on any atom is 0.418 e. The number of nitriles is 1. The molecule has 0 aliphatic heterocycles. The summed E-state index contributed by atoms with van der Waals surface area (Å²) in [7, 11) is 0. The van der Waals surface area contributed by atoms with Gasteiger partial charge in [0.2, 0.25) is 0 Å². The van der Waals surface area contributed by atoms with Crippen molar-refractivity contribution in [3.05, 3.63) is 286 Å². The summed E-state index contributed by atoms with van der Waals surface area (Å²) in [5, 5.41) is 17.8. The van der Waals surface area contributed by atoms with E-state index in [9.17, 15) is 31.6 Å². The number of nitrogens with zero attached hydrogens (tertiary/aromatic N) is 5. The van der Waals surface area contributed by atoms with Gasteiger partial charge in [0.15, 0.2) is 0 Å². The minimum atomic E-state index is -4.86. The van der Waals surface area contributed by atoms with Gasteiger partial charge in [0.25, 0.3) is 0 Å². The molecule has 14 heteroatoms. The van der Waals surface area contributed by atoms with Gasteiger partial charge in [0.1, 0.15) is 6.07 Å². The molecular formula is C82H56F9N5. The van der Waals surface area contributed by atoms with Gasteiger partial charge in [-0.3, -0.25) is 0 Å². The van der Waals surface area contributed by atoms with Crippen LogP contribution in [0.5, 0.6) is 0 Å². The highest BCUT2D eigenvalue weighted by Crippen LogP contribution is 2.50. The summed E-state index contributed by atoms with van der Waals surface area (Å²) in [6, 6.07) is 70.3. The summed E-state index contributed by atoms with van der Waals surface area (Å²) < 4.78 is 143. The molecule has 0 bridgehead atoms. The minimum absolute atomic E-state index is 0.00428. The van der Waals surface area contributed by atoms with Gasteiger partial charge < -0.3 is 18.3 Å². The molecule has 0 atom stereocenters. The first kappa shape index (κ1) is 60.9. The Balaban J connectivity index is 0.000000158. The van der Waals surface area contributed by atoms with Crippen LogP contribution in [-0.2, 0) is 18.5 Å². The second kappa shape index (κ2) is 22.4. The maximum absolute atomic E-state index is 15.5. The number of hydrogen-bond donors (Lipinski definition) is 0. The topological polar surface area (TPSA) is 43.5 Å². The van der Waals surface area contributed by atoms with Gasteiger partial charge in [-0.05, 0) is 171 Å². The molecule has 16 rings (SSSR count). The van der Waals surface area contributed by atoms with E-state index in [1.54, 1.807) is 66.9 Å². The summed E-state index contributed by atoms with van der Waals surface area (Å²) in [6.45, 7) is 11.0. The average molecular weight is 1280 g/mol. The third kappa shape index (κ3) is 9.85. The zero-order chi connectivity index (χ0) is 67.0. The number of para-hydroxylation sites is 4. The number of rotatable bonds is 6. The molecule has 4 heterocycles. The molecule has 0 amide bonds. The molecule has 0 aliphatic carbocycles. The van der Waals surface area contributed by atoms with Gasteiger partial charge in [-0.1, -0.05) is 146 Å². The Labute approximate surface area is 544 Å². The van der Waals surface area contributed by atoms with Crippen LogP contribution in [0, 0.1) is 52.9 Å². The van der Waals surface area contributed by atoms with Crippen molar-refractivity contribution < 1.29 is 39.5 Å². The normalized spacial score (nSPS) is 12.3. The molecular weight excluding hydrogens is 1230 g/mol. The predicted molar refractivity (Wildman–Crippen MR) is 369 cm³/mol. The lowest BCUT2D eigenvalue weighted by atomic mass is 9.91. The van der Waals surface area contributed by atoms with Gasteiger partial charge in [0.05, 0.1) is 89.1 Å². The van der Waals surface area contributed by atoms with Crippen LogP contribution in [-0.4, -0.2) is 18.3 Å². The number of aryl methyl sites for hydroxylation is 6. The largest absolute Gasteiger partial charge is 0.418 e. The number of fused-ring (bicyclic) bond motifs is 12. The third-order valence-electron chi connectivity index (χ3n) is 18.6. The fraction of sp³-hybridized carbons (Fsp3) is 0.110. The molecule has 0 spiro atoms. The van der Waals surface area contributed by atoms with Crippen LogP contribution in [0.25, 0.3) is 132 Å². The van der Waals surface area contributed by atoms with Crippen molar-refractivity contribution in [3.8, 4) is 51.1 Å². The van der Waals surface area contributed by atoms with E-state index < -0.39 is 35.2 Å². The first-order valence-electron chi connectivity index (χ1n) is 31.2. The first-order valence-corrected chi connectivity index (χ1v) is 31.2. The predicted octanol–water partition coefficient (Wildman–Crippen LogP) is 23.9. The highest BCUT2D eigenvalue weighted by atomic mass is 19.4. The summed E-state index contributed by atoms with van der Waals surface area (Å²) in [4.78, 5) is 0. The van der Waals surface area contributed by atoms with Crippen LogP contribution in [0.2, 0.25) is 0 Å². The molecule has 4 aromatic heterocycles. The molecule has 0 saturated carbocycles. The molecule has 0 radical (unpaired) electrons. The Hall–Kier alpha value is -11.3. The molecule has 0 unspecified atom stereocenters. The molecule has 0 aliphatic rings. The summed E-state index contributed by atoms with van der Waals surface area (Å²) in [5.74, 6) is 0. The Kier molecular flexibility index (Phi) is 14.2. The number of benzene rings is 12. The van der Waals surface area contributed by atoms with E-state index in [1.165, 1.54) is 22.8 Å². The van der Waals surface area contributed by atoms with Crippen molar-refractivity contribution in [2.24, 2.45) is 0 Å². The number of alkyl halides is 9. The van der Waals surface area contributed by atoms with Crippen LogP contribution in [0.1, 0.15) is 55.6 Å². The lowest BCUT2D eigenvalue weighted by molar-refractivity contribution is -0.138. The SMILES string of the molecule is Cc1ccc2c3ccccc3n(-c3cc(-c4c(C)cccc4C(F)(F)F)c(-n4c5ccccc5c5ccc(C)cc54)cc3C#N)c2c1.Cc1ccc2c3ccccc3n(-c3cc(C(F)(F)F)c(-n4c5ccccc5c5ccc(C)cc54)cc3-c3c(C)cccc3C(F)(F)F)c2c1. The molecule has 0 saturated heterocycles. The van der Waals surface area contributed by atoms with Crippen LogP contribution in [0.4, 0.5) is 39.5 Å². The summed E-state index contributed by atoms with van der Waals surface area (Å²) >= 11 is 0. The molecule has 5 nitrogen and oxygen atoms in total. The Morgan fingerprint density at radius 3 is 0.896 bits per heavy atom. The van der Waals surface area contributed by atoms with E-state index in [1.807, 2.05) is 158 Å². The van der Waals surface area contributed by atoms with E-state index in [-0.39, 0.29) is 33.6 Å². The Morgan fingerprint density at radius 2 is 0.562 bits per heavy atom. The third-order valence-corrected chi connectivity index (χ3v) is 18.6. The second-order valence-corrected chi connectivity index (χ2v) is 24.9. The van der Waals surface area contributed by atoms with Gasteiger partial charge in [0, 0.05) is 54.2 Å².